The molecule has 1 heterocycles. The van der Waals surface area contributed by atoms with E-state index in [1.807, 2.05) is 36.4 Å². The van der Waals surface area contributed by atoms with Crippen LogP contribution in [-0.4, -0.2) is 4.98 Å². The fraction of sp³-hybridized carbons (Fsp3) is 0.176. The van der Waals surface area contributed by atoms with Crippen LogP contribution in [0.4, 0.5) is 0 Å². The fourth-order valence-electron chi connectivity index (χ4n) is 2.89. The molecule has 22 heavy (non-hydrogen) atoms. The first-order valence-corrected chi connectivity index (χ1v) is 8.43. The molecule has 2 nitrogen and oxygen atoms in total. The van der Waals surface area contributed by atoms with E-state index in [1.165, 1.54) is 0 Å². The second kappa shape index (κ2) is 4.96. The predicted octanol–water partition coefficient (Wildman–Crippen LogP) is 5.55. The maximum atomic E-state index is 9.76. The van der Waals surface area contributed by atoms with Gasteiger partial charge in [-0.2, -0.15) is 5.26 Å². The van der Waals surface area contributed by atoms with Gasteiger partial charge in [-0.1, -0.05) is 41.4 Å². The monoisotopic (exact) mass is 344 g/mol. The van der Waals surface area contributed by atoms with Gasteiger partial charge in [0, 0.05) is 16.0 Å². The first-order chi connectivity index (χ1) is 10.6. The summed E-state index contributed by atoms with van der Waals surface area (Å²) in [6.45, 7) is 0. The van der Waals surface area contributed by atoms with Crippen LogP contribution in [0, 0.1) is 11.3 Å². The molecule has 0 radical (unpaired) electrons. The summed E-state index contributed by atoms with van der Waals surface area (Å²) in [5.41, 5.74) is 1.37. The number of hydrogen-bond donors (Lipinski definition) is 0. The number of halogens is 2. The van der Waals surface area contributed by atoms with Crippen LogP contribution in [-0.2, 0) is 5.41 Å². The number of para-hydroxylation sites is 1. The summed E-state index contributed by atoms with van der Waals surface area (Å²) in [7, 11) is 0. The van der Waals surface area contributed by atoms with Gasteiger partial charge in [-0.15, -0.1) is 11.3 Å². The number of fused-ring (bicyclic) bond motifs is 1. The normalized spacial score (nSPS) is 23.4. The Balaban J connectivity index is 1.78. The minimum absolute atomic E-state index is 0.0860. The number of rotatable bonds is 2. The molecule has 1 aromatic heterocycles. The van der Waals surface area contributed by atoms with Gasteiger partial charge in [-0.25, -0.2) is 4.98 Å². The van der Waals surface area contributed by atoms with E-state index in [1.54, 1.807) is 17.4 Å². The molecule has 1 aliphatic carbocycles. The molecular weight excluding hydrogens is 335 g/mol. The number of benzene rings is 2. The van der Waals surface area contributed by atoms with Crippen LogP contribution in [0.3, 0.4) is 0 Å². The average Bonchev–Trinajstić information content (AvgIpc) is 3.09. The molecule has 3 aromatic rings. The average molecular weight is 345 g/mol. The standard InChI is InChI=1S/C17H10Cl2N2S/c18-10-5-6-11(13(19)7-10)12-8-17(12,9-20)16-21-14-3-1-2-4-15(14)22-16/h1-7,12H,8H2/t12-,17+/m0/s1. The van der Waals surface area contributed by atoms with E-state index >= 15 is 0 Å². The molecule has 2 aromatic carbocycles. The number of aromatic nitrogens is 1. The highest BCUT2D eigenvalue weighted by Crippen LogP contribution is 2.62. The Morgan fingerprint density at radius 2 is 2.05 bits per heavy atom. The van der Waals surface area contributed by atoms with E-state index in [9.17, 15) is 5.26 Å². The van der Waals surface area contributed by atoms with Gasteiger partial charge in [0.1, 0.15) is 10.4 Å². The lowest BCUT2D eigenvalue weighted by atomic mass is 10.0. The maximum Gasteiger partial charge on any atom is 0.116 e. The largest absolute Gasteiger partial charge is 0.239 e. The molecule has 0 bridgehead atoms. The zero-order valence-electron chi connectivity index (χ0n) is 11.4. The third-order valence-corrected chi connectivity index (χ3v) is 5.95. The molecule has 2 atom stereocenters. The summed E-state index contributed by atoms with van der Waals surface area (Å²) in [6.07, 6.45) is 0.755. The Kier molecular flexibility index (Phi) is 3.16. The number of nitrogens with zero attached hydrogens (tertiary/aromatic N) is 2. The molecule has 108 valence electrons. The van der Waals surface area contributed by atoms with Gasteiger partial charge in [0.25, 0.3) is 0 Å². The lowest BCUT2D eigenvalue weighted by Gasteiger charge is -2.07. The van der Waals surface area contributed by atoms with Crippen molar-refractivity contribution in [1.82, 2.24) is 4.98 Å². The van der Waals surface area contributed by atoms with Crippen LogP contribution in [0.25, 0.3) is 10.2 Å². The quantitative estimate of drug-likeness (QED) is 0.610. The molecule has 0 aliphatic heterocycles. The molecule has 1 aliphatic rings. The van der Waals surface area contributed by atoms with Gasteiger partial charge in [-0.3, -0.25) is 0 Å². The van der Waals surface area contributed by atoms with Crippen LogP contribution in [0.1, 0.15) is 22.9 Å². The van der Waals surface area contributed by atoms with E-state index in [4.69, 9.17) is 23.2 Å². The zero-order valence-corrected chi connectivity index (χ0v) is 13.7. The molecule has 1 fully saturated rings. The smallest absolute Gasteiger partial charge is 0.116 e. The fourth-order valence-corrected chi connectivity index (χ4v) is 4.60. The van der Waals surface area contributed by atoms with E-state index < -0.39 is 5.41 Å². The van der Waals surface area contributed by atoms with Gasteiger partial charge < -0.3 is 0 Å². The highest BCUT2D eigenvalue weighted by atomic mass is 35.5. The molecular formula is C17H10Cl2N2S. The lowest BCUT2D eigenvalue weighted by molar-refractivity contribution is 0.846. The van der Waals surface area contributed by atoms with Crippen molar-refractivity contribution >= 4 is 44.8 Å². The molecule has 0 spiro atoms. The summed E-state index contributed by atoms with van der Waals surface area (Å²) in [5.74, 6) is 0.0860. The molecule has 0 amide bonds. The minimum atomic E-state index is -0.554. The van der Waals surface area contributed by atoms with Crippen LogP contribution in [0.5, 0.6) is 0 Å². The molecule has 4 rings (SSSR count). The Labute approximate surface area is 141 Å². The van der Waals surface area contributed by atoms with Crippen LogP contribution in [0.15, 0.2) is 42.5 Å². The molecule has 0 N–H and O–H groups in total. The third-order valence-electron chi connectivity index (χ3n) is 4.17. The van der Waals surface area contributed by atoms with Crippen molar-refractivity contribution in [2.24, 2.45) is 0 Å². The lowest BCUT2D eigenvalue weighted by Crippen LogP contribution is -2.06. The predicted molar refractivity (Wildman–Crippen MR) is 90.7 cm³/mol. The van der Waals surface area contributed by atoms with Crippen molar-refractivity contribution < 1.29 is 0 Å². The van der Waals surface area contributed by atoms with Crippen LogP contribution in [0.2, 0.25) is 10.0 Å². The van der Waals surface area contributed by atoms with Crippen molar-refractivity contribution in [3.63, 3.8) is 0 Å². The van der Waals surface area contributed by atoms with Gasteiger partial charge in [0.15, 0.2) is 0 Å². The van der Waals surface area contributed by atoms with Crippen molar-refractivity contribution in [3.8, 4) is 6.07 Å². The molecule has 0 unspecified atom stereocenters. The Morgan fingerprint density at radius 3 is 2.77 bits per heavy atom. The van der Waals surface area contributed by atoms with Crippen LogP contribution < -0.4 is 0 Å². The van der Waals surface area contributed by atoms with E-state index in [2.05, 4.69) is 11.1 Å². The summed E-state index contributed by atoms with van der Waals surface area (Å²) in [5, 5.41) is 11.9. The van der Waals surface area contributed by atoms with Crippen molar-refractivity contribution in [2.45, 2.75) is 17.8 Å². The van der Waals surface area contributed by atoms with E-state index in [0.717, 1.165) is 27.2 Å². The number of hydrogen-bond acceptors (Lipinski definition) is 3. The minimum Gasteiger partial charge on any atom is -0.239 e. The number of nitriles is 1. The molecule has 0 saturated heterocycles. The summed E-state index contributed by atoms with van der Waals surface area (Å²) in [4.78, 5) is 4.67. The molecule has 1 saturated carbocycles. The van der Waals surface area contributed by atoms with Gasteiger partial charge in [0.2, 0.25) is 0 Å². The SMILES string of the molecule is N#C[C@]1(c2nc3ccccc3s2)C[C@H]1c1ccc(Cl)cc1Cl. The summed E-state index contributed by atoms with van der Waals surface area (Å²) in [6, 6.07) is 15.9. The van der Waals surface area contributed by atoms with Crippen molar-refractivity contribution in [3.05, 3.63) is 63.1 Å². The van der Waals surface area contributed by atoms with Crippen LogP contribution >= 0.6 is 34.5 Å². The number of thiazole rings is 1. The second-order valence-electron chi connectivity index (χ2n) is 5.49. The topological polar surface area (TPSA) is 36.7 Å². The van der Waals surface area contributed by atoms with E-state index in [-0.39, 0.29) is 5.92 Å². The van der Waals surface area contributed by atoms with Crippen molar-refractivity contribution in [2.75, 3.05) is 0 Å². The zero-order chi connectivity index (χ0) is 15.3. The first kappa shape index (κ1) is 14.0. The second-order valence-corrected chi connectivity index (χ2v) is 7.37. The third kappa shape index (κ3) is 2.03. The molecule has 5 heteroatoms. The summed E-state index contributed by atoms with van der Waals surface area (Å²) >= 11 is 13.9. The van der Waals surface area contributed by atoms with Gasteiger partial charge >= 0.3 is 0 Å². The highest BCUT2D eigenvalue weighted by Gasteiger charge is 2.59. The first-order valence-electron chi connectivity index (χ1n) is 6.86. The van der Waals surface area contributed by atoms with Gasteiger partial charge in [0.05, 0.1) is 16.3 Å². The van der Waals surface area contributed by atoms with E-state index in [0.29, 0.717) is 10.0 Å². The van der Waals surface area contributed by atoms with Gasteiger partial charge in [-0.05, 0) is 36.2 Å². The Morgan fingerprint density at radius 1 is 1.23 bits per heavy atom. The summed E-state index contributed by atoms with van der Waals surface area (Å²) < 4.78 is 1.11. The maximum absolute atomic E-state index is 9.76. The van der Waals surface area contributed by atoms with Crippen molar-refractivity contribution in [1.29, 1.82) is 5.26 Å². The Bertz CT molecular complexity index is 895. The highest BCUT2D eigenvalue weighted by molar-refractivity contribution is 7.18. The Hall–Kier alpha value is -1.60.